The van der Waals surface area contributed by atoms with E-state index < -0.39 is 11.5 Å². The number of piperidine rings is 1. The van der Waals surface area contributed by atoms with E-state index in [9.17, 15) is 14.4 Å². The van der Waals surface area contributed by atoms with Gasteiger partial charge in [-0.2, -0.15) is 0 Å². The number of hydrogen-bond donors (Lipinski definition) is 1. The minimum Gasteiger partial charge on any atom is -0.463 e. The van der Waals surface area contributed by atoms with Crippen molar-refractivity contribution in [1.82, 2.24) is 15.1 Å². The van der Waals surface area contributed by atoms with E-state index >= 15 is 0 Å². The Kier molecular flexibility index (Phi) is 11.6. The highest BCUT2D eigenvalue weighted by molar-refractivity contribution is 5.91. The number of hydrogen-bond acceptors (Lipinski definition) is 5. The Hall–Kier alpha value is -1.89. The van der Waals surface area contributed by atoms with Gasteiger partial charge in [-0.05, 0) is 57.5 Å². The van der Waals surface area contributed by atoms with Crippen molar-refractivity contribution in [1.29, 1.82) is 0 Å². The number of carbonyl (C=O) groups is 3. The van der Waals surface area contributed by atoms with Crippen LogP contribution in [-0.4, -0.2) is 72.5 Å². The molecule has 1 rings (SSSR count). The van der Waals surface area contributed by atoms with Gasteiger partial charge in [0.1, 0.15) is 6.04 Å². The summed E-state index contributed by atoms with van der Waals surface area (Å²) in [5.74, 6) is -0.513. The van der Waals surface area contributed by atoms with Crippen molar-refractivity contribution in [2.24, 2.45) is 11.3 Å². The predicted octanol–water partition coefficient (Wildman–Crippen LogP) is 3.77. The molecule has 1 saturated heterocycles. The van der Waals surface area contributed by atoms with E-state index in [-0.39, 0.29) is 35.8 Å². The van der Waals surface area contributed by atoms with Crippen molar-refractivity contribution in [2.45, 2.75) is 99.2 Å². The van der Waals surface area contributed by atoms with Crippen LogP contribution in [0.4, 0.5) is 0 Å². The third-order valence-electron chi connectivity index (χ3n) is 6.32. The summed E-state index contributed by atoms with van der Waals surface area (Å²) in [6, 6.07) is -1.15. The van der Waals surface area contributed by atoms with Gasteiger partial charge in [0, 0.05) is 12.6 Å². The Morgan fingerprint density at radius 3 is 2.33 bits per heavy atom. The van der Waals surface area contributed by atoms with Gasteiger partial charge in [-0.1, -0.05) is 54.0 Å². The van der Waals surface area contributed by atoms with Crippen LogP contribution in [0.25, 0.3) is 0 Å². The molecule has 7 nitrogen and oxygen atoms in total. The molecule has 0 aromatic carbocycles. The first-order valence-corrected chi connectivity index (χ1v) is 12.5. The van der Waals surface area contributed by atoms with Crippen LogP contribution in [0.5, 0.6) is 0 Å². The van der Waals surface area contributed by atoms with Crippen LogP contribution in [0.2, 0.25) is 0 Å². The minimum absolute atomic E-state index is 0.0656. The summed E-state index contributed by atoms with van der Waals surface area (Å²) < 4.78 is 5.10. The topological polar surface area (TPSA) is 79.0 Å². The second-order valence-electron chi connectivity index (χ2n) is 10.6. The molecule has 0 saturated carbocycles. The third-order valence-corrected chi connectivity index (χ3v) is 6.32. The van der Waals surface area contributed by atoms with Gasteiger partial charge < -0.3 is 15.0 Å². The van der Waals surface area contributed by atoms with Crippen molar-refractivity contribution >= 4 is 17.8 Å². The van der Waals surface area contributed by atoms with Crippen LogP contribution in [0, 0.1) is 11.3 Å². The molecule has 2 unspecified atom stereocenters. The molecule has 0 radical (unpaired) electrons. The summed E-state index contributed by atoms with van der Waals surface area (Å²) in [5, 5.41) is 3.10. The molecule has 1 aliphatic rings. The number of likely N-dealkylation sites (tertiary alicyclic amines) is 1. The van der Waals surface area contributed by atoms with E-state index in [4.69, 9.17) is 4.74 Å². The number of nitrogens with zero attached hydrogens (tertiary/aromatic N) is 2. The zero-order valence-electron chi connectivity index (χ0n) is 22.4. The standard InChI is InChI=1S/C26H47N3O4/c1-10-15-29-16-13-12-14-20(29)23(30)27-22(26(6,7)8)24(31)28(9)21(18(3)4)17-19(5)25(32)33-11-2/h17-18,20-22H,10-16H2,1-9H3,(H,27,30)/b19-17+/t20?,21-,22?/m1/s1. The van der Waals surface area contributed by atoms with Gasteiger partial charge in [-0.25, -0.2) is 4.79 Å². The number of amides is 2. The SMILES string of the molecule is CCCN1CCCCC1C(=O)NC(C(=O)N(C)[C@H](/C=C(\C)C(=O)OCC)C(C)C)C(C)(C)C. The van der Waals surface area contributed by atoms with Crippen molar-refractivity contribution in [2.75, 3.05) is 26.7 Å². The largest absolute Gasteiger partial charge is 0.463 e. The summed E-state index contributed by atoms with van der Waals surface area (Å²) in [6.45, 7) is 17.7. The molecule has 0 aromatic heterocycles. The summed E-state index contributed by atoms with van der Waals surface area (Å²) in [6.07, 6.45) is 5.75. The number of carbonyl (C=O) groups excluding carboxylic acids is 3. The zero-order valence-corrected chi connectivity index (χ0v) is 22.4. The molecule has 33 heavy (non-hydrogen) atoms. The van der Waals surface area contributed by atoms with E-state index in [1.54, 1.807) is 31.9 Å². The van der Waals surface area contributed by atoms with E-state index in [0.29, 0.717) is 12.2 Å². The molecule has 7 heteroatoms. The van der Waals surface area contributed by atoms with Gasteiger partial charge in [0.25, 0.3) is 0 Å². The van der Waals surface area contributed by atoms with Crippen LogP contribution in [0.3, 0.4) is 0 Å². The summed E-state index contributed by atoms with van der Waals surface area (Å²) in [4.78, 5) is 43.0. The average molecular weight is 466 g/mol. The fourth-order valence-electron chi connectivity index (χ4n) is 4.40. The molecule has 1 N–H and O–H groups in total. The highest BCUT2D eigenvalue weighted by Crippen LogP contribution is 2.25. The second-order valence-corrected chi connectivity index (χ2v) is 10.6. The first kappa shape index (κ1) is 29.1. The predicted molar refractivity (Wildman–Crippen MR) is 133 cm³/mol. The normalized spacial score (nSPS) is 19.7. The number of esters is 1. The van der Waals surface area contributed by atoms with Crippen molar-refractivity contribution in [3.05, 3.63) is 11.6 Å². The molecule has 1 heterocycles. The highest BCUT2D eigenvalue weighted by atomic mass is 16.5. The molecular weight excluding hydrogens is 418 g/mol. The molecule has 1 fully saturated rings. The Bertz CT molecular complexity index is 694. The highest BCUT2D eigenvalue weighted by Gasteiger charge is 2.39. The van der Waals surface area contributed by atoms with Gasteiger partial charge in [0.2, 0.25) is 11.8 Å². The van der Waals surface area contributed by atoms with Gasteiger partial charge in [0.05, 0.1) is 18.7 Å². The quantitative estimate of drug-likeness (QED) is 0.392. The lowest BCUT2D eigenvalue weighted by Gasteiger charge is -2.40. The zero-order chi connectivity index (χ0) is 25.3. The van der Waals surface area contributed by atoms with Crippen LogP contribution >= 0.6 is 0 Å². The Morgan fingerprint density at radius 2 is 1.82 bits per heavy atom. The maximum absolute atomic E-state index is 13.7. The lowest BCUT2D eigenvalue weighted by atomic mass is 9.84. The monoisotopic (exact) mass is 465 g/mol. The second kappa shape index (κ2) is 13.1. The van der Waals surface area contributed by atoms with Gasteiger partial charge in [0.15, 0.2) is 0 Å². The third kappa shape index (κ3) is 8.43. The maximum atomic E-state index is 13.7. The van der Waals surface area contributed by atoms with Crippen LogP contribution < -0.4 is 5.32 Å². The summed E-state index contributed by atoms with van der Waals surface area (Å²) in [5.41, 5.74) is 0.0103. The maximum Gasteiger partial charge on any atom is 0.333 e. The smallest absolute Gasteiger partial charge is 0.333 e. The average Bonchev–Trinajstić information content (AvgIpc) is 2.74. The van der Waals surface area contributed by atoms with Gasteiger partial charge >= 0.3 is 5.97 Å². The molecule has 3 atom stereocenters. The first-order chi connectivity index (χ1) is 15.3. The molecule has 190 valence electrons. The molecule has 1 aliphatic heterocycles. The molecule has 0 aliphatic carbocycles. The Labute approximate surface area is 201 Å². The van der Waals surface area contributed by atoms with Crippen molar-refractivity contribution in [3.63, 3.8) is 0 Å². The molecule has 2 amide bonds. The van der Waals surface area contributed by atoms with E-state index in [2.05, 4.69) is 17.1 Å². The van der Waals surface area contributed by atoms with Gasteiger partial charge in [-0.3, -0.25) is 14.5 Å². The van der Waals surface area contributed by atoms with Crippen LogP contribution in [-0.2, 0) is 19.1 Å². The molecule has 0 aromatic rings. The van der Waals surface area contributed by atoms with E-state index in [1.807, 2.05) is 34.6 Å². The van der Waals surface area contributed by atoms with E-state index in [1.165, 1.54) is 0 Å². The Balaban J connectivity index is 3.13. The van der Waals surface area contributed by atoms with Gasteiger partial charge in [-0.15, -0.1) is 0 Å². The number of nitrogens with one attached hydrogen (secondary N) is 1. The molecular formula is C26H47N3O4. The fourth-order valence-corrected chi connectivity index (χ4v) is 4.40. The minimum atomic E-state index is -0.669. The molecule has 0 spiro atoms. The summed E-state index contributed by atoms with van der Waals surface area (Å²) >= 11 is 0. The van der Waals surface area contributed by atoms with Crippen molar-refractivity contribution < 1.29 is 19.1 Å². The lowest BCUT2D eigenvalue weighted by molar-refractivity contribution is -0.142. The Morgan fingerprint density at radius 1 is 1.18 bits per heavy atom. The fraction of sp³-hybridized carbons (Fsp3) is 0.808. The van der Waals surface area contributed by atoms with E-state index in [0.717, 1.165) is 38.8 Å². The van der Waals surface area contributed by atoms with Crippen LogP contribution in [0.15, 0.2) is 11.6 Å². The van der Waals surface area contributed by atoms with Crippen molar-refractivity contribution in [3.8, 4) is 0 Å². The number of ether oxygens (including phenoxy) is 1. The number of rotatable bonds is 10. The molecule has 0 bridgehead atoms. The number of likely N-dealkylation sites (N-methyl/N-ethyl adjacent to an activating group) is 1. The summed E-state index contributed by atoms with van der Waals surface area (Å²) in [7, 11) is 1.75. The lowest BCUT2D eigenvalue weighted by Crippen LogP contribution is -2.60. The van der Waals surface area contributed by atoms with Crippen LogP contribution in [0.1, 0.15) is 81.1 Å². The first-order valence-electron chi connectivity index (χ1n) is 12.5.